The Kier molecular flexibility index (Phi) is 4.23. The van der Waals surface area contributed by atoms with Crippen LogP contribution in [-0.2, 0) is 4.79 Å². The van der Waals surface area contributed by atoms with E-state index in [1.54, 1.807) is 12.1 Å². The molecule has 0 saturated heterocycles. The quantitative estimate of drug-likeness (QED) is 0.667. The molecule has 13 heavy (non-hydrogen) atoms. The van der Waals surface area contributed by atoms with Crippen LogP contribution >= 0.6 is 12.4 Å². The molecule has 1 atom stereocenters. The topological polar surface area (TPSA) is 83.6 Å². The number of phenolic OH excluding ortho intramolecular Hbond substituents is 1. The summed E-state index contributed by atoms with van der Waals surface area (Å²) in [5.41, 5.74) is 5.51. The number of carboxylic acids is 1. The first-order valence-corrected chi connectivity index (χ1v) is 3.39. The smallest absolute Gasteiger partial charge is 0.325 e. The van der Waals surface area contributed by atoms with Gasteiger partial charge in [0.15, 0.2) is 0 Å². The average molecular weight is 204 g/mol. The third-order valence-corrected chi connectivity index (χ3v) is 1.54. The van der Waals surface area contributed by atoms with E-state index < -0.39 is 12.0 Å². The van der Waals surface area contributed by atoms with Gasteiger partial charge >= 0.3 is 5.97 Å². The van der Waals surface area contributed by atoms with E-state index in [1.807, 2.05) is 0 Å². The summed E-state index contributed by atoms with van der Waals surface area (Å²) in [6, 6.07) is 4.95. The van der Waals surface area contributed by atoms with Gasteiger partial charge in [0, 0.05) is 5.56 Å². The van der Waals surface area contributed by atoms with Crippen LogP contribution in [-0.4, -0.2) is 16.2 Å². The molecule has 0 aliphatic carbocycles. The van der Waals surface area contributed by atoms with Gasteiger partial charge in [0.05, 0.1) is 0 Å². The second-order valence-corrected chi connectivity index (χ2v) is 2.37. The summed E-state index contributed by atoms with van der Waals surface area (Å²) in [6.45, 7) is 0. The summed E-state index contributed by atoms with van der Waals surface area (Å²) < 4.78 is 0. The molecule has 0 fully saturated rings. The molecule has 0 amide bonds. The lowest BCUT2D eigenvalue weighted by Gasteiger charge is -2.07. The van der Waals surface area contributed by atoms with Gasteiger partial charge in [0.1, 0.15) is 11.8 Å². The number of aromatic hydroxyl groups is 1. The molecule has 0 radical (unpaired) electrons. The monoisotopic (exact) mass is 203 g/mol. The Morgan fingerprint density at radius 2 is 1.92 bits per heavy atom. The number of phenols is 1. The maximum atomic E-state index is 10.4. The summed E-state index contributed by atoms with van der Waals surface area (Å²) >= 11 is 0. The van der Waals surface area contributed by atoms with Crippen LogP contribution in [0.3, 0.4) is 0 Å². The number of rotatable bonds is 2. The van der Waals surface area contributed by atoms with Crippen molar-refractivity contribution < 1.29 is 15.0 Å². The van der Waals surface area contributed by atoms with Crippen LogP contribution in [0.5, 0.6) is 5.75 Å². The number of nitrogens with two attached hydrogens (primary N) is 1. The number of carbonyl (C=O) groups is 1. The molecule has 0 bridgehead atoms. The zero-order valence-corrected chi connectivity index (χ0v) is 7.49. The molecule has 0 spiro atoms. The summed E-state index contributed by atoms with van der Waals surface area (Å²) in [4.78, 5) is 10.4. The van der Waals surface area contributed by atoms with Crippen LogP contribution in [0, 0.1) is 0 Å². The third kappa shape index (κ3) is 2.61. The lowest BCUT2D eigenvalue weighted by atomic mass is 10.1. The van der Waals surface area contributed by atoms with Crippen molar-refractivity contribution in [3.8, 4) is 5.75 Å². The Morgan fingerprint density at radius 3 is 2.38 bits per heavy atom. The number of hydrogen-bond donors (Lipinski definition) is 3. The van der Waals surface area contributed by atoms with E-state index in [-0.39, 0.29) is 23.7 Å². The van der Waals surface area contributed by atoms with Gasteiger partial charge in [-0.25, -0.2) is 0 Å². The maximum Gasteiger partial charge on any atom is 0.325 e. The summed E-state index contributed by atoms with van der Waals surface area (Å²) in [5.74, 6) is -1.25. The molecule has 1 aromatic rings. The Bertz CT molecular complexity index is 303. The van der Waals surface area contributed by atoms with Crippen molar-refractivity contribution in [2.24, 2.45) is 5.73 Å². The van der Waals surface area contributed by atoms with E-state index in [0.29, 0.717) is 0 Å². The second-order valence-electron chi connectivity index (χ2n) is 2.37. The number of halogens is 1. The van der Waals surface area contributed by atoms with Gasteiger partial charge < -0.3 is 15.9 Å². The molecule has 0 heterocycles. The van der Waals surface area contributed by atoms with Gasteiger partial charge in [0.2, 0.25) is 0 Å². The number of carboxylic acid groups (broad SMARTS) is 1. The van der Waals surface area contributed by atoms with E-state index in [2.05, 4.69) is 0 Å². The fourth-order valence-electron chi connectivity index (χ4n) is 0.884. The van der Waals surface area contributed by atoms with Crippen molar-refractivity contribution >= 4 is 18.4 Å². The molecule has 0 aliphatic rings. The van der Waals surface area contributed by atoms with Gasteiger partial charge in [-0.05, 0) is 6.07 Å². The van der Waals surface area contributed by atoms with Crippen molar-refractivity contribution in [1.82, 2.24) is 0 Å². The van der Waals surface area contributed by atoms with Crippen LogP contribution in [0.4, 0.5) is 0 Å². The van der Waals surface area contributed by atoms with Crippen molar-refractivity contribution in [1.29, 1.82) is 0 Å². The van der Waals surface area contributed by atoms with Crippen molar-refractivity contribution in [2.75, 3.05) is 0 Å². The first kappa shape index (κ1) is 11.7. The number of benzene rings is 1. The standard InChI is InChI=1S/C8H9NO3.ClH/c9-7(8(11)12)5-3-1-2-4-6(5)10;/h1-4,7,10H,9H2,(H,11,12);1H/t7-;/m1./s1. The summed E-state index contributed by atoms with van der Waals surface area (Å²) in [7, 11) is 0. The van der Waals surface area contributed by atoms with E-state index in [4.69, 9.17) is 10.8 Å². The SMILES string of the molecule is Cl.N[C@@H](C(=O)O)c1ccccc1O. The molecule has 4 N–H and O–H groups in total. The summed E-state index contributed by atoms with van der Waals surface area (Å²) in [6.07, 6.45) is 0. The predicted molar refractivity (Wildman–Crippen MR) is 49.9 cm³/mol. The number of para-hydroxylation sites is 1. The summed E-state index contributed by atoms with van der Waals surface area (Å²) in [5, 5.41) is 17.7. The maximum absolute atomic E-state index is 10.4. The fraction of sp³-hybridized carbons (Fsp3) is 0.125. The van der Waals surface area contributed by atoms with Crippen LogP contribution in [0.25, 0.3) is 0 Å². The average Bonchev–Trinajstić information content (AvgIpc) is 2.04. The van der Waals surface area contributed by atoms with Crippen molar-refractivity contribution in [3.05, 3.63) is 29.8 Å². The Labute approximate surface area is 81.4 Å². The highest BCUT2D eigenvalue weighted by Crippen LogP contribution is 2.21. The molecular weight excluding hydrogens is 194 g/mol. The third-order valence-electron chi connectivity index (χ3n) is 1.54. The van der Waals surface area contributed by atoms with Gasteiger partial charge in [-0.3, -0.25) is 4.79 Å². The van der Waals surface area contributed by atoms with Crippen molar-refractivity contribution in [2.45, 2.75) is 6.04 Å². The first-order valence-electron chi connectivity index (χ1n) is 3.39. The van der Waals surface area contributed by atoms with E-state index in [1.165, 1.54) is 12.1 Å². The van der Waals surface area contributed by atoms with Crippen LogP contribution in [0.2, 0.25) is 0 Å². The lowest BCUT2D eigenvalue weighted by Crippen LogP contribution is -2.20. The minimum absolute atomic E-state index is 0. The molecule has 5 heteroatoms. The minimum Gasteiger partial charge on any atom is -0.508 e. The molecule has 0 unspecified atom stereocenters. The molecular formula is C8H10ClNO3. The molecule has 72 valence electrons. The van der Waals surface area contributed by atoms with Gasteiger partial charge in [0.25, 0.3) is 0 Å². The highest BCUT2D eigenvalue weighted by atomic mass is 35.5. The van der Waals surface area contributed by atoms with E-state index in [9.17, 15) is 9.90 Å². The van der Waals surface area contributed by atoms with Gasteiger partial charge in [-0.2, -0.15) is 0 Å². The van der Waals surface area contributed by atoms with E-state index >= 15 is 0 Å². The first-order chi connectivity index (χ1) is 5.63. The van der Waals surface area contributed by atoms with Gasteiger partial charge in [-0.1, -0.05) is 18.2 Å². The van der Waals surface area contributed by atoms with E-state index in [0.717, 1.165) is 0 Å². The Balaban J connectivity index is 0.00000144. The lowest BCUT2D eigenvalue weighted by molar-refractivity contribution is -0.138. The molecule has 0 aromatic heterocycles. The largest absolute Gasteiger partial charge is 0.508 e. The second kappa shape index (κ2) is 4.69. The number of hydrogen-bond acceptors (Lipinski definition) is 3. The Hall–Kier alpha value is -1.26. The zero-order chi connectivity index (χ0) is 9.14. The predicted octanol–water partition coefficient (Wildman–Crippen LogP) is 0.898. The van der Waals surface area contributed by atoms with Crippen LogP contribution in [0.1, 0.15) is 11.6 Å². The zero-order valence-electron chi connectivity index (χ0n) is 6.68. The Morgan fingerprint density at radius 1 is 1.38 bits per heavy atom. The molecule has 1 aromatic carbocycles. The van der Waals surface area contributed by atoms with Crippen molar-refractivity contribution in [3.63, 3.8) is 0 Å². The highest BCUT2D eigenvalue weighted by Gasteiger charge is 2.16. The van der Waals surface area contributed by atoms with Crippen LogP contribution < -0.4 is 5.73 Å². The number of aliphatic carboxylic acids is 1. The molecule has 0 saturated carbocycles. The molecule has 1 rings (SSSR count). The van der Waals surface area contributed by atoms with Gasteiger partial charge in [-0.15, -0.1) is 12.4 Å². The molecule has 0 aliphatic heterocycles. The fourth-order valence-corrected chi connectivity index (χ4v) is 0.884. The molecule has 4 nitrogen and oxygen atoms in total. The normalized spacial score (nSPS) is 11.5. The minimum atomic E-state index is -1.16. The van der Waals surface area contributed by atoms with Crippen LogP contribution in [0.15, 0.2) is 24.3 Å². The highest BCUT2D eigenvalue weighted by molar-refractivity contribution is 5.85.